The molecule has 0 saturated carbocycles. The van der Waals surface area contributed by atoms with Gasteiger partial charge in [0.15, 0.2) is 5.75 Å². The number of ether oxygens (including phenoxy) is 2. The van der Waals surface area contributed by atoms with E-state index in [1.807, 2.05) is 12.1 Å². The number of carbonyl (C=O) groups is 1. The van der Waals surface area contributed by atoms with Gasteiger partial charge in [0.1, 0.15) is 5.75 Å². The average Bonchev–Trinajstić information content (AvgIpc) is 2.55. The molecule has 0 radical (unpaired) electrons. The molecule has 2 aromatic carbocycles. The highest BCUT2D eigenvalue weighted by molar-refractivity contribution is 6.37. The molecule has 1 N–H and O–H groups in total. The summed E-state index contributed by atoms with van der Waals surface area (Å²) in [5.41, 5.74) is 3.51. The van der Waals surface area contributed by atoms with Crippen molar-refractivity contribution >= 4 is 35.3 Å². The van der Waals surface area contributed by atoms with Gasteiger partial charge in [-0.25, -0.2) is 5.43 Å². The quantitative estimate of drug-likeness (QED) is 0.658. The van der Waals surface area contributed by atoms with Gasteiger partial charge < -0.3 is 9.47 Å². The first-order chi connectivity index (χ1) is 11.0. The van der Waals surface area contributed by atoms with E-state index >= 15 is 0 Å². The van der Waals surface area contributed by atoms with E-state index in [1.165, 1.54) is 25.5 Å². The minimum Gasteiger partial charge on any atom is -0.497 e. The van der Waals surface area contributed by atoms with Gasteiger partial charge in [-0.05, 0) is 42.0 Å². The normalized spacial score (nSPS) is 10.6. The zero-order chi connectivity index (χ0) is 16.8. The zero-order valence-corrected chi connectivity index (χ0v) is 14.0. The first-order valence-electron chi connectivity index (χ1n) is 6.55. The molecule has 0 heterocycles. The highest BCUT2D eigenvalue weighted by Gasteiger charge is 2.12. The van der Waals surface area contributed by atoms with Crippen LogP contribution in [0.25, 0.3) is 0 Å². The molecule has 7 heteroatoms. The number of methoxy groups -OCH3 is 2. The van der Waals surface area contributed by atoms with Gasteiger partial charge in [-0.3, -0.25) is 4.79 Å². The van der Waals surface area contributed by atoms with Crippen LogP contribution in [-0.2, 0) is 0 Å². The number of carbonyl (C=O) groups excluding carboxylic acids is 1. The SMILES string of the molecule is COc1ccc(/C=N/NC(=O)c2cc(Cl)c(OC)c(Cl)c2)cc1. The molecule has 1 amide bonds. The van der Waals surface area contributed by atoms with E-state index in [2.05, 4.69) is 10.5 Å². The van der Waals surface area contributed by atoms with Gasteiger partial charge in [0.05, 0.1) is 30.5 Å². The molecular weight excluding hydrogens is 339 g/mol. The summed E-state index contributed by atoms with van der Waals surface area (Å²) in [6.45, 7) is 0. The Morgan fingerprint density at radius 3 is 2.22 bits per heavy atom. The lowest BCUT2D eigenvalue weighted by atomic mass is 10.2. The predicted octanol–water partition coefficient (Wildman–Crippen LogP) is 3.77. The highest BCUT2D eigenvalue weighted by atomic mass is 35.5. The van der Waals surface area contributed by atoms with Crippen LogP contribution in [0.3, 0.4) is 0 Å². The Kier molecular flexibility index (Phi) is 5.84. The molecule has 0 atom stereocenters. The smallest absolute Gasteiger partial charge is 0.271 e. The lowest BCUT2D eigenvalue weighted by Crippen LogP contribution is -2.17. The van der Waals surface area contributed by atoms with Gasteiger partial charge in [0.25, 0.3) is 5.91 Å². The Morgan fingerprint density at radius 1 is 1.09 bits per heavy atom. The molecule has 0 aliphatic rings. The monoisotopic (exact) mass is 352 g/mol. The van der Waals surface area contributed by atoms with Crippen molar-refractivity contribution in [2.45, 2.75) is 0 Å². The molecular formula is C16H14Cl2N2O3. The first-order valence-corrected chi connectivity index (χ1v) is 7.31. The van der Waals surface area contributed by atoms with Crippen LogP contribution >= 0.6 is 23.2 Å². The number of hydrazone groups is 1. The van der Waals surface area contributed by atoms with Gasteiger partial charge in [0, 0.05) is 5.56 Å². The number of benzene rings is 2. The molecule has 120 valence electrons. The van der Waals surface area contributed by atoms with E-state index in [0.29, 0.717) is 5.75 Å². The van der Waals surface area contributed by atoms with Crippen molar-refractivity contribution in [3.63, 3.8) is 0 Å². The fraction of sp³-hybridized carbons (Fsp3) is 0.125. The van der Waals surface area contributed by atoms with Crippen LogP contribution in [0.4, 0.5) is 0 Å². The molecule has 2 aromatic rings. The Morgan fingerprint density at radius 2 is 1.70 bits per heavy atom. The maximum Gasteiger partial charge on any atom is 0.271 e. The minimum absolute atomic E-state index is 0.254. The third kappa shape index (κ3) is 4.37. The van der Waals surface area contributed by atoms with Crippen LogP contribution in [-0.4, -0.2) is 26.3 Å². The van der Waals surface area contributed by atoms with Gasteiger partial charge >= 0.3 is 0 Å². The third-order valence-electron chi connectivity index (χ3n) is 2.96. The van der Waals surface area contributed by atoms with Crippen LogP contribution in [0, 0.1) is 0 Å². The summed E-state index contributed by atoms with van der Waals surface area (Å²) in [4.78, 5) is 12.0. The summed E-state index contributed by atoms with van der Waals surface area (Å²) < 4.78 is 10.1. The van der Waals surface area contributed by atoms with Gasteiger partial charge in [-0.2, -0.15) is 5.10 Å². The van der Waals surface area contributed by atoms with Crippen molar-refractivity contribution in [2.75, 3.05) is 14.2 Å². The molecule has 2 rings (SSSR count). The number of nitrogens with one attached hydrogen (secondary N) is 1. The molecule has 0 aliphatic carbocycles. The number of nitrogens with zero attached hydrogens (tertiary/aromatic N) is 1. The predicted molar refractivity (Wildman–Crippen MR) is 91.1 cm³/mol. The maximum absolute atomic E-state index is 12.0. The van der Waals surface area contributed by atoms with Crippen molar-refractivity contribution in [3.8, 4) is 11.5 Å². The van der Waals surface area contributed by atoms with Crippen molar-refractivity contribution in [3.05, 3.63) is 57.6 Å². The summed E-state index contributed by atoms with van der Waals surface area (Å²) in [5.74, 6) is 0.640. The van der Waals surface area contributed by atoms with Gasteiger partial charge in [-0.15, -0.1) is 0 Å². The molecule has 0 bridgehead atoms. The van der Waals surface area contributed by atoms with Crippen molar-refractivity contribution in [1.29, 1.82) is 0 Å². The minimum atomic E-state index is -0.429. The summed E-state index contributed by atoms with van der Waals surface area (Å²) in [6.07, 6.45) is 1.52. The Hall–Kier alpha value is -2.24. The maximum atomic E-state index is 12.0. The molecule has 0 spiro atoms. The lowest BCUT2D eigenvalue weighted by molar-refractivity contribution is 0.0955. The van der Waals surface area contributed by atoms with Crippen molar-refractivity contribution in [2.24, 2.45) is 5.10 Å². The van der Waals surface area contributed by atoms with Crippen LogP contribution in [0.5, 0.6) is 11.5 Å². The van der Waals surface area contributed by atoms with E-state index < -0.39 is 5.91 Å². The lowest BCUT2D eigenvalue weighted by Gasteiger charge is -2.07. The molecule has 0 fully saturated rings. The van der Waals surface area contributed by atoms with Crippen molar-refractivity contribution in [1.82, 2.24) is 5.43 Å². The van der Waals surface area contributed by atoms with Gasteiger partial charge in [-0.1, -0.05) is 23.2 Å². The summed E-state index contributed by atoms with van der Waals surface area (Å²) >= 11 is 12.0. The fourth-order valence-corrected chi connectivity index (χ4v) is 2.45. The third-order valence-corrected chi connectivity index (χ3v) is 3.52. The number of hydrogen-bond donors (Lipinski definition) is 1. The Labute approximate surface area is 143 Å². The number of hydrogen-bond acceptors (Lipinski definition) is 4. The number of halogens is 2. The molecule has 23 heavy (non-hydrogen) atoms. The highest BCUT2D eigenvalue weighted by Crippen LogP contribution is 2.33. The Balaban J connectivity index is 2.05. The Bertz CT molecular complexity index is 708. The summed E-state index contributed by atoms with van der Waals surface area (Å²) in [5, 5.41) is 4.40. The second kappa shape index (κ2) is 7.85. The second-order valence-electron chi connectivity index (χ2n) is 4.45. The summed E-state index contributed by atoms with van der Waals surface area (Å²) in [7, 11) is 3.04. The largest absolute Gasteiger partial charge is 0.497 e. The molecule has 0 unspecified atom stereocenters. The molecule has 5 nitrogen and oxygen atoms in total. The molecule has 0 aromatic heterocycles. The average molecular weight is 353 g/mol. The van der Waals surface area contributed by atoms with E-state index in [9.17, 15) is 4.79 Å². The van der Waals surface area contributed by atoms with E-state index in [-0.39, 0.29) is 15.6 Å². The first kappa shape index (κ1) is 17.1. The second-order valence-corrected chi connectivity index (χ2v) is 5.26. The summed E-state index contributed by atoms with van der Waals surface area (Å²) in [6, 6.07) is 10.2. The van der Waals surface area contributed by atoms with E-state index in [0.717, 1.165) is 11.3 Å². The van der Waals surface area contributed by atoms with Crippen molar-refractivity contribution < 1.29 is 14.3 Å². The van der Waals surface area contributed by atoms with Crippen LogP contribution in [0.1, 0.15) is 15.9 Å². The van der Waals surface area contributed by atoms with Crippen LogP contribution in [0.15, 0.2) is 41.5 Å². The molecule has 0 aliphatic heterocycles. The van der Waals surface area contributed by atoms with E-state index in [4.69, 9.17) is 32.7 Å². The zero-order valence-electron chi connectivity index (χ0n) is 12.5. The van der Waals surface area contributed by atoms with Crippen LogP contribution < -0.4 is 14.9 Å². The standard InChI is InChI=1S/C16H14Cl2N2O3/c1-22-12-5-3-10(4-6-12)9-19-20-16(21)11-7-13(17)15(23-2)14(18)8-11/h3-9H,1-2H3,(H,20,21)/b19-9+. The number of amides is 1. The van der Waals surface area contributed by atoms with E-state index in [1.54, 1.807) is 19.2 Å². The van der Waals surface area contributed by atoms with Gasteiger partial charge in [0.2, 0.25) is 0 Å². The fourth-order valence-electron chi connectivity index (χ4n) is 1.81. The number of rotatable bonds is 5. The molecule has 0 saturated heterocycles. The topological polar surface area (TPSA) is 59.9 Å². The van der Waals surface area contributed by atoms with Crippen LogP contribution in [0.2, 0.25) is 10.0 Å².